The third kappa shape index (κ3) is 5.02. The quantitative estimate of drug-likeness (QED) is 0.530. The van der Waals surface area contributed by atoms with Crippen LogP contribution in [0.3, 0.4) is 0 Å². The Kier molecular flexibility index (Phi) is 7.08. The summed E-state index contributed by atoms with van der Waals surface area (Å²) in [6, 6.07) is 4.80. The highest BCUT2D eigenvalue weighted by Gasteiger charge is 2.43. The van der Waals surface area contributed by atoms with Gasteiger partial charge in [0.2, 0.25) is 11.8 Å². The summed E-state index contributed by atoms with van der Waals surface area (Å²) in [5.74, 6) is -0.730. The third-order valence-electron chi connectivity index (χ3n) is 6.03. The highest BCUT2D eigenvalue weighted by molar-refractivity contribution is 7.13. The number of aryl methyl sites for hydroxylation is 2. The minimum absolute atomic E-state index is 0.0637. The standard InChI is InChI=1S/C24H29N5O4S/c1-13(2)21(20-7-14(3)28-33-20)24(32)29-11-18(30)8-19(29)23(31)26-10-17-6-5-16(9-25-17)22-15(4)27-12-34-22/h5-7,9,12-13,18-19,21,30H,8,10-11H2,1-4H3,(H,26,31)/t18-,19+,21?/m1/s1. The van der Waals surface area contributed by atoms with E-state index >= 15 is 0 Å². The van der Waals surface area contributed by atoms with E-state index < -0.39 is 18.1 Å². The number of nitrogens with one attached hydrogen (secondary N) is 1. The molecule has 3 aromatic heterocycles. The summed E-state index contributed by atoms with van der Waals surface area (Å²) in [7, 11) is 0. The fraction of sp³-hybridized carbons (Fsp3) is 0.458. The lowest BCUT2D eigenvalue weighted by Gasteiger charge is -2.28. The molecule has 34 heavy (non-hydrogen) atoms. The van der Waals surface area contributed by atoms with Crippen LogP contribution in [0.4, 0.5) is 0 Å². The Hall–Kier alpha value is -3.11. The van der Waals surface area contributed by atoms with Gasteiger partial charge in [-0.25, -0.2) is 4.98 Å². The number of thiazole rings is 1. The molecule has 3 aromatic rings. The molecule has 9 nitrogen and oxygen atoms in total. The number of aliphatic hydroxyl groups is 1. The number of likely N-dealkylation sites (tertiary alicyclic amines) is 1. The smallest absolute Gasteiger partial charge is 0.243 e. The normalized spacial score (nSPS) is 18.9. The summed E-state index contributed by atoms with van der Waals surface area (Å²) < 4.78 is 5.37. The third-order valence-corrected chi connectivity index (χ3v) is 7.00. The predicted octanol–water partition coefficient (Wildman–Crippen LogP) is 2.83. The molecule has 1 saturated heterocycles. The molecule has 0 radical (unpaired) electrons. The molecule has 1 aliphatic heterocycles. The van der Waals surface area contributed by atoms with E-state index in [-0.39, 0.29) is 37.2 Å². The average Bonchev–Trinajstić information content (AvgIpc) is 3.52. The summed E-state index contributed by atoms with van der Waals surface area (Å²) in [4.78, 5) is 37.7. The Bertz CT molecular complexity index is 1160. The number of amides is 2. The molecule has 4 rings (SSSR count). The number of β-amino-alcohol motifs (C(OH)–C–C–N with tert-alkyl or cyclic N) is 1. The first kappa shape index (κ1) is 24.0. The zero-order valence-electron chi connectivity index (χ0n) is 19.7. The van der Waals surface area contributed by atoms with Crippen LogP contribution < -0.4 is 5.32 Å². The van der Waals surface area contributed by atoms with E-state index in [0.29, 0.717) is 17.1 Å². The first-order chi connectivity index (χ1) is 16.2. The Balaban J connectivity index is 1.43. The Morgan fingerprint density at radius 1 is 1.29 bits per heavy atom. The molecule has 3 atom stereocenters. The molecule has 0 aliphatic carbocycles. The van der Waals surface area contributed by atoms with Crippen molar-refractivity contribution in [3.8, 4) is 10.4 Å². The van der Waals surface area contributed by atoms with E-state index in [9.17, 15) is 14.7 Å². The van der Waals surface area contributed by atoms with Crippen LogP contribution in [0.1, 0.15) is 49.0 Å². The van der Waals surface area contributed by atoms with Crippen LogP contribution in [-0.2, 0) is 16.1 Å². The number of hydrogen-bond acceptors (Lipinski definition) is 8. The molecule has 180 valence electrons. The van der Waals surface area contributed by atoms with E-state index in [2.05, 4.69) is 20.4 Å². The summed E-state index contributed by atoms with van der Waals surface area (Å²) >= 11 is 1.56. The molecule has 2 N–H and O–H groups in total. The summed E-state index contributed by atoms with van der Waals surface area (Å²) in [5.41, 5.74) is 5.13. The molecule has 0 aromatic carbocycles. The highest BCUT2D eigenvalue weighted by atomic mass is 32.1. The van der Waals surface area contributed by atoms with Gasteiger partial charge in [0, 0.05) is 30.8 Å². The van der Waals surface area contributed by atoms with Crippen molar-refractivity contribution in [3.05, 3.63) is 52.7 Å². The SMILES string of the molecule is Cc1cc(C(C(=O)N2C[C@H](O)C[C@H]2C(=O)NCc2ccc(-c3scnc3C)cn2)C(C)C)on1. The van der Waals surface area contributed by atoms with Gasteiger partial charge in [0.1, 0.15) is 17.7 Å². The van der Waals surface area contributed by atoms with Crippen LogP contribution in [0.5, 0.6) is 0 Å². The van der Waals surface area contributed by atoms with E-state index in [1.165, 1.54) is 4.90 Å². The van der Waals surface area contributed by atoms with Gasteiger partial charge in [-0.15, -0.1) is 11.3 Å². The molecule has 1 unspecified atom stereocenters. The van der Waals surface area contributed by atoms with Crippen LogP contribution in [-0.4, -0.2) is 55.6 Å². The van der Waals surface area contributed by atoms with Crippen molar-refractivity contribution < 1.29 is 19.2 Å². The second-order valence-electron chi connectivity index (χ2n) is 9.01. The minimum atomic E-state index is -0.760. The fourth-order valence-electron chi connectivity index (χ4n) is 4.29. The topological polar surface area (TPSA) is 121 Å². The first-order valence-corrected chi connectivity index (χ1v) is 12.2. The predicted molar refractivity (Wildman–Crippen MR) is 127 cm³/mol. The number of carbonyl (C=O) groups is 2. The maximum Gasteiger partial charge on any atom is 0.243 e. The van der Waals surface area contributed by atoms with Crippen molar-refractivity contribution in [3.63, 3.8) is 0 Å². The van der Waals surface area contributed by atoms with E-state index in [1.807, 2.05) is 32.9 Å². The second kappa shape index (κ2) is 10.0. The van der Waals surface area contributed by atoms with E-state index in [1.54, 1.807) is 36.0 Å². The highest BCUT2D eigenvalue weighted by Crippen LogP contribution is 2.31. The lowest BCUT2D eigenvalue weighted by atomic mass is 9.91. The molecule has 1 aliphatic rings. The van der Waals surface area contributed by atoms with Gasteiger partial charge >= 0.3 is 0 Å². The Labute approximate surface area is 202 Å². The fourth-order valence-corrected chi connectivity index (χ4v) is 5.08. The monoisotopic (exact) mass is 483 g/mol. The van der Waals surface area contributed by atoms with Crippen molar-refractivity contribution >= 4 is 23.2 Å². The van der Waals surface area contributed by atoms with Crippen molar-refractivity contribution in [1.29, 1.82) is 0 Å². The van der Waals surface area contributed by atoms with Gasteiger partial charge in [-0.2, -0.15) is 0 Å². The number of nitrogens with zero attached hydrogens (tertiary/aromatic N) is 4. The van der Waals surface area contributed by atoms with Crippen LogP contribution in [0.2, 0.25) is 0 Å². The number of hydrogen-bond donors (Lipinski definition) is 2. The van der Waals surface area contributed by atoms with Crippen LogP contribution in [0.25, 0.3) is 10.4 Å². The van der Waals surface area contributed by atoms with Gasteiger partial charge in [0.05, 0.1) is 40.1 Å². The molecular formula is C24H29N5O4S. The Morgan fingerprint density at radius 2 is 2.09 bits per heavy atom. The van der Waals surface area contributed by atoms with Gasteiger partial charge in [-0.3, -0.25) is 14.6 Å². The molecule has 0 saturated carbocycles. The second-order valence-corrected chi connectivity index (χ2v) is 9.87. The lowest BCUT2D eigenvalue weighted by molar-refractivity contribution is -0.141. The maximum atomic E-state index is 13.4. The van der Waals surface area contributed by atoms with Crippen molar-refractivity contribution in [1.82, 2.24) is 25.3 Å². The van der Waals surface area contributed by atoms with Crippen molar-refractivity contribution in [2.75, 3.05) is 6.54 Å². The van der Waals surface area contributed by atoms with Crippen LogP contribution in [0, 0.1) is 19.8 Å². The molecule has 0 spiro atoms. The number of aromatic nitrogens is 3. The van der Waals surface area contributed by atoms with Crippen molar-refractivity contribution in [2.24, 2.45) is 5.92 Å². The lowest BCUT2D eigenvalue weighted by Crippen LogP contribution is -2.48. The molecule has 1 fully saturated rings. The minimum Gasteiger partial charge on any atom is -0.391 e. The number of aliphatic hydroxyl groups excluding tert-OH is 1. The van der Waals surface area contributed by atoms with Gasteiger partial charge < -0.3 is 19.8 Å². The molecule has 10 heteroatoms. The number of carbonyl (C=O) groups excluding carboxylic acids is 2. The Morgan fingerprint density at radius 3 is 2.68 bits per heavy atom. The van der Waals surface area contributed by atoms with Gasteiger partial charge in [-0.1, -0.05) is 25.1 Å². The summed E-state index contributed by atoms with van der Waals surface area (Å²) in [6.07, 6.45) is 1.20. The maximum absolute atomic E-state index is 13.4. The number of rotatable bonds is 7. The van der Waals surface area contributed by atoms with Crippen LogP contribution in [0.15, 0.2) is 34.4 Å². The molecule has 0 bridgehead atoms. The van der Waals surface area contributed by atoms with E-state index in [4.69, 9.17) is 4.52 Å². The van der Waals surface area contributed by atoms with Gasteiger partial charge in [0.15, 0.2) is 0 Å². The van der Waals surface area contributed by atoms with Crippen LogP contribution >= 0.6 is 11.3 Å². The summed E-state index contributed by atoms with van der Waals surface area (Å²) in [5, 5.41) is 17.0. The molecule has 4 heterocycles. The number of pyridine rings is 1. The zero-order valence-corrected chi connectivity index (χ0v) is 20.5. The van der Waals surface area contributed by atoms with Crippen molar-refractivity contribution in [2.45, 2.75) is 58.7 Å². The molecule has 2 amide bonds. The largest absolute Gasteiger partial charge is 0.391 e. The summed E-state index contributed by atoms with van der Waals surface area (Å²) in [6.45, 7) is 7.93. The first-order valence-electron chi connectivity index (χ1n) is 11.3. The zero-order chi connectivity index (χ0) is 24.4. The van der Waals surface area contributed by atoms with Gasteiger partial charge in [0.25, 0.3) is 0 Å². The van der Waals surface area contributed by atoms with Gasteiger partial charge in [-0.05, 0) is 25.8 Å². The van der Waals surface area contributed by atoms with E-state index in [0.717, 1.165) is 16.1 Å². The molecular weight excluding hydrogens is 454 g/mol. The average molecular weight is 484 g/mol.